The van der Waals surface area contributed by atoms with E-state index in [2.05, 4.69) is 15.0 Å². The van der Waals surface area contributed by atoms with Crippen LogP contribution in [0.15, 0.2) is 42.6 Å². The lowest BCUT2D eigenvalue weighted by Gasteiger charge is -2.11. The molecule has 0 aromatic carbocycles. The molecule has 24 heavy (non-hydrogen) atoms. The highest BCUT2D eigenvalue weighted by Crippen LogP contribution is 2.60. The highest BCUT2D eigenvalue weighted by molar-refractivity contribution is 5.80. The lowest BCUT2D eigenvalue weighted by molar-refractivity contribution is 0.0911. The van der Waals surface area contributed by atoms with Gasteiger partial charge in [0.1, 0.15) is 0 Å². The minimum Gasteiger partial charge on any atom is -0.325 e. The van der Waals surface area contributed by atoms with Crippen molar-refractivity contribution in [2.45, 2.75) is 31.2 Å². The van der Waals surface area contributed by atoms with Crippen LogP contribution in [0.2, 0.25) is 0 Å². The number of hydrogen-bond donors (Lipinski definition) is 1. The molecule has 0 saturated heterocycles. The van der Waals surface area contributed by atoms with E-state index in [9.17, 15) is 8.78 Å². The van der Waals surface area contributed by atoms with Crippen LogP contribution in [0, 0.1) is 0 Å². The number of rotatable bonds is 3. The van der Waals surface area contributed by atoms with Gasteiger partial charge in [0.2, 0.25) is 0 Å². The minimum absolute atomic E-state index is 0.160. The smallest absolute Gasteiger partial charge is 0.260 e. The van der Waals surface area contributed by atoms with Crippen LogP contribution in [0.25, 0.3) is 22.3 Å². The van der Waals surface area contributed by atoms with Crippen LogP contribution in [0.4, 0.5) is 8.78 Å². The molecule has 122 valence electrons. The van der Waals surface area contributed by atoms with E-state index in [4.69, 9.17) is 5.73 Å². The van der Waals surface area contributed by atoms with Crippen molar-refractivity contribution in [1.82, 2.24) is 15.0 Å². The molecule has 1 atom stereocenters. The Morgan fingerprint density at radius 1 is 1.12 bits per heavy atom. The lowest BCUT2D eigenvalue weighted by atomic mass is 10.0. The molecular weight excluding hydrogens is 310 g/mol. The highest BCUT2D eigenvalue weighted by atomic mass is 19.3. The molecule has 0 amide bonds. The van der Waals surface area contributed by atoms with Gasteiger partial charge in [-0.2, -0.15) is 0 Å². The van der Waals surface area contributed by atoms with Gasteiger partial charge in [-0.3, -0.25) is 9.97 Å². The molecular formula is C18H16F2N4. The van der Waals surface area contributed by atoms with Crippen LogP contribution >= 0.6 is 0 Å². The minimum atomic E-state index is -2.68. The normalized spacial score (nSPS) is 21.8. The summed E-state index contributed by atoms with van der Waals surface area (Å²) in [6.07, 6.45) is 1.57. The first-order chi connectivity index (χ1) is 11.4. The van der Waals surface area contributed by atoms with Crippen LogP contribution in [-0.2, 0) is 12.0 Å². The van der Waals surface area contributed by atoms with Crippen molar-refractivity contribution in [2.75, 3.05) is 0 Å². The van der Waals surface area contributed by atoms with Gasteiger partial charge in [-0.15, -0.1) is 0 Å². The van der Waals surface area contributed by atoms with E-state index in [0.717, 1.165) is 16.6 Å². The summed E-state index contributed by atoms with van der Waals surface area (Å²) in [7, 11) is 0. The monoisotopic (exact) mass is 326 g/mol. The van der Waals surface area contributed by atoms with Crippen LogP contribution in [0.3, 0.4) is 0 Å². The summed E-state index contributed by atoms with van der Waals surface area (Å²) in [5, 5.41) is 0.896. The molecule has 3 heterocycles. The topological polar surface area (TPSA) is 64.7 Å². The summed E-state index contributed by atoms with van der Waals surface area (Å²) in [5.74, 6) is -2.68. The third-order valence-corrected chi connectivity index (χ3v) is 4.67. The third kappa shape index (κ3) is 2.26. The van der Waals surface area contributed by atoms with Crippen LogP contribution < -0.4 is 5.73 Å². The van der Waals surface area contributed by atoms with Crippen LogP contribution in [0.5, 0.6) is 0 Å². The Kier molecular flexibility index (Phi) is 3.15. The molecule has 6 heteroatoms. The molecule has 1 aliphatic rings. The van der Waals surface area contributed by atoms with Crippen molar-refractivity contribution in [3.05, 3.63) is 54.0 Å². The molecule has 4 rings (SSSR count). The first-order valence-electron chi connectivity index (χ1n) is 7.74. The number of nitrogens with zero attached hydrogens (tertiary/aromatic N) is 3. The Morgan fingerprint density at radius 3 is 2.58 bits per heavy atom. The first-order valence-corrected chi connectivity index (χ1v) is 7.74. The fraction of sp³-hybridized carbons (Fsp3) is 0.278. The maximum Gasteiger partial charge on any atom is 0.260 e. The number of hydrogen-bond acceptors (Lipinski definition) is 4. The van der Waals surface area contributed by atoms with Crippen molar-refractivity contribution in [3.63, 3.8) is 0 Å². The molecule has 0 bridgehead atoms. The van der Waals surface area contributed by atoms with Gasteiger partial charge in [-0.1, -0.05) is 6.07 Å². The van der Waals surface area contributed by atoms with E-state index in [1.165, 1.54) is 0 Å². The average Bonchev–Trinajstić information content (AvgIpc) is 3.13. The summed E-state index contributed by atoms with van der Waals surface area (Å²) >= 11 is 0. The van der Waals surface area contributed by atoms with Crippen molar-refractivity contribution in [3.8, 4) is 11.4 Å². The maximum absolute atomic E-state index is 13.6. The van der Waals surface area contributed by atoms with Crippen LogP contribution in [-0.4, -0.2) is 20.9 Å². The number of halogens is 2. The second-order valence-corrected chi connectivity index (χ2v) is 6.39. The summed E-state index contributed by atoms with van der Waals surface area (Å²) in [5.41, 5.74) is 7.60. The molecule has 1 saturated carbocycles. The Labute approximate surface area is 137 Å². The van der Waals surface area contributed by atoms with Gasteiger partial charge in [0.15, 0.2) is 0 Å². The van der Waals surface area contributed by atoms with Crippen molar-refractivity contribution in [2.24, 2.45) is 5.73 Å². The quantitative estimate of drug-likeness (QED) is 0.801. The number of aromatic nitrogens is 3. The Morgan fingerprint density at radius 2 is 1.88 bits per heavy atom. The molecule has 1 aliphatic carbocycles. The summed E-state index contributed by atoms with van der Waals surface area (Å²) in [4.78, 5) is 13.3. The van der Waals surface area contributed by atoms with E-state index < -0.39 is 11.3 Å². The Hall–Kier alpha value is -2.47. The van der Waals surface area contributed by atoms with E-state index >= 15 is 0 Å². The van der Waals surface area contributed by atoms with Gasteiger partial charge in [-0.05, 0) is 37.3 Å². The largest absolute Gasteiger partial charge is 0.325 e. The average molecular weight is 326 g/mol. The van der Waals surface area contributed by atoms with E-state index in [-0.39, 0.29) is 6.42 Å². The fourth-order valence-corrected chi connectivity index (χ4v) is 2.87. The van der Waals surface area contributed by atoms with Gasteiger partial charge in [0.25, 0.3) is 5.92 Å². The molecule has 1 unspecified atom stereocenters. The zero-order valence-electron chi connectivity index (χ0n) is 13.1. The standard InChI is InChI=1S/C18H16F2N4/c1-17(10-18(17,19)20)16-4-2-3-13(24-16)14-6-5-11-9-22-12(8-21)7-15(11)23-14/h2-7,9H,8,10,21H2,1H3. The second-order valence-electron chi connectivity index (χ2n) is 6.39. The molecule has 0 aliphatic heterocycles. The number of pyridine rings is 3. The maximum atomic E-state index is 13.6. The third-order valence-electron chi connectivity index (χ3n) is 4.67. The molecule has 0 radical (unpaired) electrons. The zero-order chi connectivity index (χ0) is 16.9. The number of alkyl halides is 2. The first kappa shape index (κ1) is 15.1. The van der Waals surface area contributed by atoms with Gasteiger partial charge >= 0.3 is 0 Å². The van der Waals surface area contributed by atoms with Crippen LogP contribution in [0.1, 0.15) is 24.7 Å². The summed E-state index contributed by atoms with van der Waals surface area (Å²) in [6.45, 7) is 1.88. The van der Waals surface area contributed by atoms with Crippen molar-refractivity contribution >= 4 is 10.9 Å². The second kappa shape index (κ2) is 5.01. The molecule has 3 aromatic heterocycles. The van der Waals surface area contributed by atoms with E-state index in [1.54, 1.807) is 31.3 Å². The highest BCUT2D eigenvalue weighted by Gasteiger charge is 2.69. The summed E-state index contributed by atoms with van der Waals surface area (Å²) < 4.78 is 27.2. The predicted molar refractivity (Wildman–Crippen MR) is 87.6 cm³/mol. The van der Waals surface area contributed by atoms with Crippen molar-refractivity contribution in [1.29, 1.82) is 0 Å². The van der Waals surface area contributed by atoms with E-state index in [0.29, 0.717) is 23.6 Å². The molecule has 4 nitrogen and oxygen atoms in total. The fourth-order valence-electron chi connectivity index (χ4n) is 2.87. The van der Waals surface area contributed by atoms with Gasteiger partial charge < -0.3 is 5.73 Å². The SMILES string of the molecule is CC1(c2cccc(-c3ccc4cnc(CN)cc4n3)n2)CC1(F)F. The Bertz CT molecular complexity index is 941. The van der Waals surface area contributed by atoms with Gasteiger partial charge in [0, 0.05) is 24.5 Å². The lowest BCUT2D eigenvalue weighted by Crippen LogP contribution is -2.13. The van der Waals surface area contributed by atoms with E-state index in [1.807, 2.05) is 18.2 Å². The zero-order valence-corrected chi connectivity index (χ0v) is 13.1. The summed E-state index contributed by atoms with van der Waals surface area (Å²) in [6, 6.07) is 10.7. The van der Waals surface area contributed by atoms with Gasteiger partial charge in [-0.25, -0.2) is 13.8 Å². The molecule has 3 aromatic rings. The predicted octanol–water partition coefficient (Wildman–Crippen LogP) is 3.45. The van der Waals surface area contributed by atoms with Gasteiger partial charge in [0.05, 0.1) is 33.7 Å². The Balaban J connectivity index is 1.78. The molecule has 2 N–H and O–H groups in total. The number of nitrogens with two attached hydrogens (primary N) is 1. The van der Waals surface area contributed by atoms with Crippen molar-refractivity contribution < 1.29 is 8.78 Å². The molecule has 0 spiro atoms. The molecule has 1 fully saturated rings. The number of fused-ring (bicyclic) bond motifs is 1.